The van der Waals surface area contributed by atoms with Crippen LogP contribution in [-0.2, 0) is 32.0 Å². The first kappa shape index (κ1) is 21.0. The summed E-state index contributed by atoms with van der Waals surface area (Å²) in [7, 11) is -2.20. The Balaban J connectivity index is 1.95. The number of aromatic nitrogens is 1. The Kier molecular flexibility index (Phi) is 6.04. The molecule has 0 atom stereocenters. The van der Waals surface area contributed by atoms with Gasteiger partial charge in [0.15, 0.2) is 0 Å². The maximum absolute atomic E-state index is 13.9. The van der Waals surface area contributed by atoms with Gasteiger partial charge in [-0.1, -0.05) is 12.1 Å². The van der Waals surface area contributed by atoms with Crippen LogP contribution >= 0.6 is 0 Å². The summed E-state index contributed by atoms with van der Waals surface area (Å²) in [6.45, 7) is 2.23. The monoisotopic (exact) mass is 419 g/mol. The molecule has 6 nitrogen and oxygen atoms in total. The van der Waals surface area contributed by atoms with Gasteiger partial charge in [0.1, 0.15) is 5.82 Å². The minimum atomic E-state index is -3.53. The van der Waals surface area contributed by atoms with Crippen LogP contribution in [0.25, 0.3) is 10.9 Å². The molecule has 0 radical (unpaired) electrons. The number of hydrogen-bond acceptors (Lipinski definition) is 5. The third-order valence-corrected chi connectivity index (χ3v) is 5.38. The predicted molar refractivity (Wildman–Crippen MR) is 108 cm³/mol. The van der Waals surface area contributed by atoms with Gasteiger partial charge in [0.25, 0.3) is 10.1 Å². The maximum Gasteiger partial charge on any atom is 0.337 e. The lowest BCUT2D eigenvalue weighted by molar-refractivity contribution is 0.0600. The molecule has 0 fully saturated rings. The quantitative estimate of drug-likeness (QED) is 0.433. The average molecular weight is 419 g/mol. The lowest BCUT2D eigenvalue weighted by Gasteiger charge is -2.09. The third kappa shape index (κ3) is 4.83. The van der Waals surface area contributed by atoms with Gasteiger partial charge in [-0.2, -0.15) is 8.42 Å². The summed E-state index contributed by atoms with van der Waals surface area (Å²) in [5, 5.41) is 0.763. The van der Waals surface area contributed by atoms with Gasteiger partial charge in [-0.05, 0) is 54.8 Å². The minimum Gasteiger partial charge on any atom is -0.465 e. The number of fused-ring (bicyclic) bond motifs is 1. The zero-order valence-electron chi connectivity index (χ0n) is 16.4. The molecule has 0 saturated carbocycles. The van der Waals surface area contributed by atoms with Crippen molar-refractivity contribution in [2.45, 2.75) is 19.9 Å². The van der Waals surface area contributed by atoms with Crippen LogP contribution in [0.2, 0.25) is 0 Å². The van der Waals surface area contributed by atoms with Crippen molar-refractivity contribution < 1.29 is 26.5 Å². The number of hydrogen-bond donors (Lipinski definition) is 0. The number of ether oxygens (including phenoxy) is 1. The standard InChI is InChI=1S/C21H22FNO5S/c1-14-18(12-15-4-6-16(7-5-15)21(24)27-2)19-13-17(22)8-9-20(19)23(14)10-11-28-29(3,25)26/h4-9,13H,10-12H2,1-3H3. The number of halogens is 1. The Hall–Kier alpha value is -2.71. The second-order valence-corrected chi connectivity index (χ2v) is 8.41. The number of carbonyl (C=O) groups excluding carboxylic acids is 1. The highest BCUT2D eigenvalue weighted by molar-refractivity contribution is 7.85. The predicted octanol–water partition coefficient (Wildman–Crippen LogP) is 3.44. The summed E-state index contributed by atoms with van der Waals surface area (Å²) >= 11 is 0. The Bertz CT molecular complexity index is 1150. The smallest absolute Gasteiger partial charge is 0.337 e. The highest BCUT2D eigenvalue weighted by Gasteiger charge is 2.16. The molecule has 3 rings (SSSR count). The summed E-state index contributed by atoms with van der Waals surface area (Å²) in [5.41, 5.74) is 4.06. The van der Waals surface area contributed by atoms with Gasteiger partial charge < -0.3 is 9.30 Å². The lowest BCUT2D eigenvalue weighted by atomic mass is 10.0. The highest BCUT2D eigenvalue weighted by atomic mass is 32.2. The molecule has 8 heteroatoms. The topological polar surface area (TPSA) is 74.6 Å². The van der Waals surface area contributed by atoms with Crippen LogP contribution in [-0.4, -0.2) is 38.9 Å². The number of nitrogens with zero attached hydrogens (tertiary/aromatic N) is 1. The van der Waals surface area contributed by atoms with Crippen molar-refractivity contribution in [2.75, 3.05) is 20.0 Å². The molecule has 1 aromatic heterocycles. The fourth-order valence-electron chi connectivity index (χ4n) is 3.40. The van der Waals surface area contributed by atoms with Crippen LogP contribution in [0.1, 0.15) is 27.2 Å². The van der Waals surface area contributed by atoms with Gasteiger partial charge in [-0.3, -0.25) is 4.18 Å². The van der Waals surface area contributed by atoms with Crippen LogP contribution in [0.5, 0.6) is 0 Å². The van der Waals surface area contributed by atoms with Gasteiger partial charge in [0.2, 0.25) is 0 Å². The number of methoxy groups -OCH3 is 1. The van der Waals surface area contributed by atoms with Crippen molar-refractivity contribution in [3.63, 3.8) is 0 Å². The van der Waals surface area contributed by atoms with E-state index >= 15 is 0 Å². The molecular weight excluding hydrogens is 397 g/mol. The van der Waals surface area contributed by atoms with Crippen LogP contribution in [0, 0.1) is 12.7 Å². The van der Waals surface area contributed by atoms with Gasteiger partial charge in [-0.25, -0.2) is 9.18 Å². The molecule has 0 aliphatic rings. The summed E-state index contributed by atoms with van der Waals surface area (Å²) in [6.07, 6.45) is 1.54. The largest absolute Gasteiger partial charge is 0.465 e. The van der Waals surface area contributed by atoms with E-state index in [9.17, 15) is 17.6 Å². The molecule has 2 aromatic carbocycles. The van der Waals surface area contributed by atoms with Crippen LogP contribution in [0.3, 0.4) is 0 Å². The summed E-state index contributed by atoms with van der Waals surface area (Å²) in [5.74, 6) is -0.749. The van der Waals surface area contributed by atoms with E-state index < -0.39 is 16.1 Å². The molecule has 1 heterocycles. The van der Waals surface area contributed by atoms with Crippen LogP contribution in [0.4, 0.5) is 4.39 Å². The lowest BCUT2D eigenvalue weighted by Crippen LogP contribution is -2.11. The molecule has 0 saturated heterocycles. The van der Waals surface area contributed by atoms with Gasteiger partial charge in [0.05, 0.1) is 25.5 Å². The Morgan fingerprint density at radius 1 is 1.14 bits per heavy atom. The fraction of sp³-hybridized carbons (Fsp3) is 0.286. The van der Waals surface area contributed by atoms with E-state index in [0.29, 0.717) is 18.5 Å². The molecule has 0 unspecified atom stereocenters. The van der Waals surface area contributed by atoms with Crippen molar-refractivity contribution in [1.82, 2.24) is 4.57 Å². The first-order valence-corrected chi connectivity index (χ1v) is 10.8. The number of carbonyl (C=O) groups is 1. The van der Waals surface area contributed by atoms with Crippen LogP contribution in [0.15, 0.2) is 42.5 Å². The molecule has 0 N–H and O–H groups in total. The molecule has 0 spiro atoms. The van der Waals surface area contributed by atoms with E-state index in [0.717, 1.165) is 34.0 Å². The van der Waals surface area contributed by atoms with E-state index in [2.05, 4.69) is 0 Å². The second kappa shape index (κ2) is 8.34. The Morgan fingerprint density at radius 2 is 1.83 bits per heavy atom. The zero-order valence-corrected chi connectivity index (χ0v) is 17.3. The highest BCUT2D eigenvalue weighted by Crippen LogP contribution is 2.29. The molecule has 154 valence electrons. The SMILES string of the molecule is COC(=O)c1ccc(Cc2c(C)n(CCOS(C)(=O)=O)c3ccc(F)cc23)cc1. The first-order valence-electron chi connectivity index (χ1n) is 8.98. The molecule has 29 heavy (non-hydrogen) atoms. The van der Waals surface area contributed by atoms with E-state index in [1.165, 1.54) is 19.2 Å². The molecule has 0 aliphatic carbocycles. The molecule has 0 aliphatic heterocycles. The van der Waals surface area contributed by atoms with Crippen molar-refractivity contribution in [1.29, 1.82) is 0 Å². The van der Waals surface area contributed by atoms with E-state index in [1.807, 2.05) is 23.6 Å². The summed E-state index contributed by atoms with van der Waals surface area (Å²) in [6, 6.07) is 11.6. The number of rotatable bonds is 7. The van der Waals surface area contributed by atoms with E-state index in [-0.39, 0.29) is 12.4 Å². The fourth-order valence-corrected chi connectivity index (χ4v) is 3.77. The van der Waals surface area contributed by atoms with Gasteiger partial charge in [-0.15, -0.1) is 0 Å². The molecule has 0 bridgehead atoms. The second-order valence-electron chi connectivity index (χ2n) is 6.77. The normalized spacial score (nSPS) is 11.7. The maximum atomic E-state index is 13.9. The summed E-state index contributed by atoms with van der Waals surface area (Å²) in [4.78, 5) is 11.6. The van der Waals surface area contributed by atoms with E-state index in [4.69, 9.17) is 8.92 Å². The third-order valence-electron chi connectivity index (χ3n) is 4.78. The molecular formula is C21H22FNO5S. The number of esters is 1. The Labute approximate surface area is 169 Å². The average Bonchev–Trinajstić information content (AvgIpc) is 2.92. The molecule has 0 amide bonds. The van der Waals surface area contributed by atoms with Crippen molar-refractivity contribution >= 4 is 27.0 Å². The van der Waals surface area contributed by atoms with Crippen LogP contribution < -0.4 is 0 Å². The van der Waals surface area contributed by atoms with Gasteiger partial charge in [0, 0.05) is 23.1 Å². The Morgan fingerprint density at radius 3 is 2.45 bits per heavy atom. The summed E-state index contributed by atoms with van der Waals surface area (Å²) < 4.78 is 47.9. The number of benzene rings is 2. The van der Waals surface area contributed by atoms with Crippen molar-refractivity contribution in [3.05, 3.63) is 70.7 Å². The zero-order chi connectivity index (χ0) is 21.2. The molecule has 3 aromatic rings. The minimum absolute atomic E-state index is 0.00586. The van der Waals surface area contributed by atoms with Gasteiger partial charge >= 0.3 is 5.97 Å². The first-order chi connectivity index (χ1) is 13.7. The van der Waals surface area contributed by atoms with Crippen molar-refractivity contribution in [2.24, 2.45) is 0 Å². The van der Waals surface area contributed by atoms with E-state index in [1.54, 1.807) is 18.2 Å². The van der Waals surface area contributed by atoms with Crippen molar-refractivity contribution in [3.8, 4) is 0 Å².